The number of hydrogen-bond acceptors (Lipinski definition) is 7. The molecule has 0 unspecified atom stereocenters. The summed E-state index contributed by atoms with van der Waals surface area (Å²) in [4.78, 5) is 16.6. The van der Waals surface area contributed by atoms with Gasteiger partial charge in [0.25, 0.3) is 0 Å². The Morgan fingerprint density at radius 1 is 1.08 bits per heavy atom. The van der Waals surface area contributed by atoms with Gasteiger partial charge >= 0.3 is 12.3 Å². The predicted octanol–water partition coefficient (Wildman–Crippen LogP) is 5.45. The van der Waals surface area contributed by atoms with E-state index in [0.29, 0.717) is 42.3 Å². The van der Waals surface area contributed by atoms with Gasteiger partial charge in [-0.15, -0.1) is 10.2 Å². The normalized spacial score (nSPS) is 19.9. The van der Waals surface area contributed by atoms with E-state index in [0.717, 1.165) is 44.8 Å². The summed E-state index contributed by atoms with van der Waals surface area (Å²) in [5, 5.41) is 22.1. The van der Waals surface area contributed by atoms with E-state index in [1.54, 1.807) is 17.9 Å². The van der Waals surface area contributed by atoms with Gasteiger partial charge in [0.15, 0.2) is 0 Å². The third-order valence-electron chi connectivity index (χ3n) is 7.00. The van der Waals surface area contributed by atoms with E-state index in [1.165, 1.54) is 6.07 Å². The van der Waals surface area contributed by atoms with Crippen molar-refractivity contribution >= 4 is 11.9 Å². The van der Waals surface area contributed by atoms with Gasteiger partial charge in [0, 0.05) is 37.3 Å². The first-order valence-corrected chi connectivity index (χ1v) is 13.0. The summed E-state index contributed by atoms with van der Waals surface area (Å²) < 4.78 is 44.3. The van der Waals surface area contributed by atoms with Crippen LogP contribution < -0.4 is 5.32 Å². The SMILES string of the molecule is Cc1cc(N[C@@H]2CCCN(C3CCN(C(=O)OC(C)(C)C)CC3)C2)nnc1-c1ccc(C(F)(F)F)cc1O. The van der Waals surface area contributed by atoms with Crippen molar-refractivity contribution < 1.29 is 27.8 Å². The number of aromatic hydroxyl groups is 1. The van der Waals surface area contributed by atoms with Crippen LogP contribution in [0.3, 0.4) is 0 Å². The summed E-state index contributed by atoms with van der Waals surface area (Å²) in [5.74, 6) is 0.0998. The first-order chi connectivity index (χ1) is 17.8. The Morgan fingerprint density at radius 3 is 2.39 bits per heavy atom. The molecular weight excluding hydrogens is 499 g/mol. The van der Waals surface area contributed by atoms with Crippen LogP contribution in [0.1, 0.15) is 57.6 Å². The number of nitrogens with one attached hydrogen (secondary N) is 1. The molecule has 2 aliphatic heterocycles. The minimum Gasteiger partial charge on any atom is -0.507 e. The van der Waals surface area contributed by atoms with Gasteiger partial charge in [-0.05, 0) is 89.8 Å². The molecule has 4 rings (SSSR count). The first kappa shape index (κ1) is 27.9. The van der Waals surface area contributed by atoms with Crippen LogP contribution >= 0.6 is 0 Å². The fourth-order valence-corrected chi connectivity index (χ4v) is 5.14. The van der Waals surface area contributed by atoms with Crippen molar-refractivity contribution in [2.45, 2.75) is 77.2 Å². The van der Waals surface area contributed by atoms with E-state index >= 15 is 0 Å². The lowest BCUT2D eigenvalue weighted by atomic mass is 9.98. The number of amides is 1. The van der Waals surface area contributed by atoms with Crippen LogP contribution in [0.25, 0.3) is 11.3 Å². The molecule has 0 spiro atoms. The number of aromatic nitrogens is 2. The van der Waals surface area contributed by atoms with Crippen molar-refractivity contribution in [3.8, 4) is 17.0 Å². The average Bonchev–Trinajstić information content (AvgIpc) is 2.83. The first-order valence-electron chi connectivity index (χ1n) is 13.0. The number of halogens is 3. The summed E-state index contributed by atoms with van der Waals surface area (Å²) >= 11 is 0. The monoisotopic (exact) mass is 535 g/mol. The molecule has 0 bridgehead atoms. The maximum atomic E-state index is 12.9. The molecule has 38 heavy (non-hydrogen) atoms. The maximum Gasteiger partial charge on any atom is 0.416 e. The molecule has 1 aromatic heterocycles. The Bertz CT molecular complexity index is 1140. The Balaban J connectivity index is 1.35. The molecule has 208 valence electrons. The molecule has 0 radical (unpaired) electrons. The fraction of sp³-hybridized carbons (Fsp3) is 0.593. The van der Waals surface area contributed by atoms with Gasteiger partial charge in [0.2, 0.25) is 0 Å². The molecule has 8 nitrogen and oxygen atoms in total. The second kappa shape index (κ2) is 11.0. The topological polar surface area (TPSA) is 90.8 Å². The van der Waals surface area contributed by atoms with E-state index in [9.17, 15) is 23.1 Å². The fourth-order valence-electron chi connectivity index (χ4n) is 5.14. The van der Waals surface area contributed by atoms with Crippen LogP contribution in [0.15, 0.2) is 24.3 Å². The van der Waals surface area contributed by atoms with Crippen molar-refractivity contribution in [2.24, 2.45) is 0 Å². The number of nitrogens with zero attached hydrogens (tertiary/aromatic N) is 4. The van der Waals surface area contributed by atoms with Crippen LogP contribution in [-0.4, -0.2) is 75.1 Å². The van der Waals surface area contributed by atoms with Crippen molar-refractivity contribution in [3.05, 3.63) is 35.4 Å². The number of benzene rings is 1. The molecule has 3 heterocycles. The molecule has 2 saturated heterocycles. The van der Waals surface area contributed by atoms with Gasteiger partial charge in [0.1, 0.15) is 17.2 Å². The zero-order chi connectivity index (χ0) is 27.7. The Morgan fingerprint density at radius 2 is 1.79 bits per heavy atom. The number of rotatable bonds is 4. The van der Waals surface area contributed by atoms with Gasteiger partial charge in [-0.25, -0.2) is 4.79 Å². The van der Waals surface area contributed by atoms with Crippen molar-refractivity contribution in [1.82, 2.24) is 20.0 Å². The molecule has 1 atom stereocenters. The minimum atomic E-state index is -4.53. The number of carbonyl (C=O) groups excluding carboxylic acids is 1. The molecule has 1 aromatic carbocycles. The Kier molecular flexibility index (Phi) is 8.06. The molecule has 1 amide bonds. The lowest BCUT2D eigenvalue weighted by Gasteiger charge is -2.42. The number of hydrogen-bond donors (Lipinski definition) is 2. The molecule has 0 saturated carbocycles. The van der Waals surface area contributed by atoms with Crippen LogP contribution in [0, 0.1) is 6.92 Å². The summed E-state index contributed by atoms with van der Waals surface area (Å²) in [7, 11) is 0. The standard InChI is InChI=1S/C27H36F3N5O3/c1-17-14-23(32-33-24(17)21-8-7-18(15-22(21)36)27(28,29)30)31-19-6-5-11-35(16-19)20-9-12-34(13-10-20)25(37)38-26(2,3)4/h7-8,14-15,19-20,36H,5-6,9-13,16H2,1-4H3,(H,31,32)/t19-/m1/s1. The van der Waals surface area contributed by atoms with Crippen LogP contribution in [0.4, 0.5) is 23.8 Å². The molecule has 2 N–H and O–H groups in total. The number of aryl methyl sites for hydroxylation is 1. The highest BCUT2D eigenvalue weighted by molar-refractivity contribution is 5.70. The lowest BCUT2D eigenvalue weighted by Crippen LogP contribution is -2.52. The lowest BCUT2D eigenvalue weighted by molar-refractivity contribution is -0.137. The quantitative estimate of drug-likeness (QED) is 0.538. The van der Waals surface area contributed by atoms with E-state index in [2.05, 4.69) is 20.4 Å². The van der Waals surface area contributed by atoms with Crippen LogP contribution in [0.2, 0.25) is 0 Å². The Labute approximate surface area is 221 Å². The van der Waals surface area contributed by atoms with Gasteiger partial charge in [-0.2, -0.15) is 13.2 Å². The summed E-state index contributed by atoms with van der Waals surface area (Å²) in [6.45, 7) is 10.6. The molecule has 0 aliphatic carbocycles. The predicted molar refractivity (Wildman–Crippen MR) is 138 cm³/mol. The molecule has 11 heteroatoms. The van der Waals surface area contributed by atoms with Crippen molar-refractivity contribution in [2.75, 3.05) is 31.5 Å². The number of alkyl halides is 3. The second-order valence-electron chi connectivity index (χ2n) is 11.2. The summed E-state index contributed by atoms with van der Waals surface area (Å²) in [6, 6.07) is 5.23. The zero-order valence-corrected chi connectivity index (χ0v) is 22.3. The van der Waals surface area contributed by atoms with Gasteiger partial charge in [-0.1, -0.05) is 0 Å². The number of ether oxygens (including phenoxy) is 1. The third kappa shape index (κ3) is 6.86. The van der Waals surface area contributed by atoms with E-state index in [-0.39, 0.29) is 17.7 Å². The number of phenolic OH excluding ortho intramolecular Hbond substituents is 1. The second-order valence-corrected chi connectivity index (χ2v) is 11.2. The van der Waals surface area contributed by atoms with E-state index in [4.69, 9.17) is 4.74 Å². The third-order valence-corrected chi connectivity index (χ3v) is 7.00. The van der Waals surface area contributed by atoms with Crippen molar-refractivity contribution in [3.63, 3.8) is 0 Å². The largest absolute Gasteiger partial charge is 0.507 e. The molecular formula is C27H36F3N5O3. The number of phenols is 1. The van der Waals surface area contributed by atoms with E-state index in [1.807, 2.05) is 20.8 Å². The van der Waals surface area contributed by atoms with Gasteiger partial charge in [-0.3, -0.25) is 4.90 Å². The molecule has 2 fully saturated rings. The van der Waals surface area contributed by atoms with Gasteiger partial charge in [0.05, 0.1) is 11.3 Å². The number of likely N-dealkylation sites (tertiary alicyclic amines) is 2. The number of carbonyl (C=O) groups is 1. The van der Waals surface area contributed by atoms with Crippen LogP contribution in [-0.2, 0) is 10.9 Å². The smallest absolute Gasteiger partial charge is 0.416 e. The molecule has 2 aliphatic rings. The highest BCUT2D eigenvalue weighted by Crippen LogP contribution is 2.37. The highest BCUT2D eigenvalue weighted by Gasteiger charge is 2.33. The average molecular weight is 536 g/mol. The zero-order valence-electron chi connectivity index (χ0n) is 22.3. The number of anilines is 1. The van der Waals surface area contributed by atoms with Gasteiger partial charge < -0.3 is 20.1 Å². The van der Waals surface area contributed by atoms with Crippen LogP contribution in [0.5, 0.6) is 5.75 Å². The van der Waals surface area contributed by atoms with E-state index < -0.39 is 23.1 Å². The Hall–Kier alpha value is -3.08. The molecule has 2 aromatic rings. The summed E-state index contributed by atoms with van der Waals surface area (Å²) in [5.41, 5.74) is -0.184. The number of piperidine rings is 2. The highest BCUT2D eigenvalue weighted by atomic mass is 19.4. The summed E-state index contributed by atoms with van der Waals surface area (Å²) in [6.07, 6.45) is -0.973. The maximum absolute atomic E-state index is 12.9. The minimum absolute atomic E-state index is 0.173. The van der Waals surface area contributed by atoms with Crippen molar-refractivity contribution in [1.29, 1.82) is 0 Å².